The maximum Gasteiger partial charge on any atom is 0.306 e. The molecule has 0 bridgehead atoms. The second-order valence-corrected chi connectivity index (χ2v) is 18.7. The van der Waals surface area contributed by atoms with Crippen LogP contribution in [0.15, 0.2) is 60.8 Å². The molecular formula is C50H90NO9P. The van der Waals surface area contributed by atoms with Crippen molar-refractivity contribution >= 4 is 19.8 Å². The Labute approximate surface area is 373 Å². The van der Waals surface area contributed by atoms with Crippen LogP contribution < -0.4 is 4.89 Å². The van der Waals surface area contributed by atoms with Gasteiger partial charge < -0.3 is 33.0 Å². The van der Waals surface area contributed by atoms with Gasteiger partial charge in [0.1, 0.15) is 19.8 Å². The van der Waals surface area contributed by atoms with Crippen molar-refractivity contribution in [2.24, 2.45) is 0 Å². The van der Waals surface area contributed by atoms with E-state index in [0.29, 0.717) is 43.1 Å². The number of esters is 2. The van der Waals surface area contributed by atoms with E-state index in [1.807, 2.05) is 57.6 Å². The number of carbonyl (C=O) groups excluding carboxylic acids is 2. The largest absolute Gasteiger partial charge is 0.756 e. The van der Waals surface area contributed by atoms with Crippen LogP contribution >= 0.6 is 7.82 Å². The summed E-state index contributed by atoms with van der Waals surface area (Å²) in [6.45, 7) is 4.04. The summed E-state index contributed by atoms with van der Waals surface area (Å²) in [7, 11) is 1.09. The summed E-state index contributed by atoms with van der Waals surface area (Å²) < 4.78 is 33.9. The molecule has 11 heteroatoms. The molecule has 0 aromatic heterocycles. The number of ether oxygens (including phenoxy) is 2. The minimum atomic E-state index is -4.66. The van der Waals surface area contributed by atoms with Crippen molar-refractivity contribution in [1.29, 1.82) is 0 Å². The zero-order valence-corrected chi connectivity index (χ0v) is 40.4. The SMILES string of the molecule is CCCCC/C=C\C=C/[C@H](O)C/C=C\C/C=C/CCCC(=O)O[C@H](COC(=O)CCCCCCCCCCC/C=C\CCCCCCCC)COP(=O)([O-])OCC[N+](C)(C)C. The van der Waals surface area contributed by atoms with Gasteiger partial charge in [-0.05, 0) is 70.6 Å². The first kappa shape index (κ1) is 58.7. The van der Waals surface area contributed by atoms with Gasteiger partial charge in [0.25, 0.3) is 7.82 Å². The van der Waals surface area contributed by atoms with Crippen LogP contribution in [-0.4, -0.2) is 81.2 Å². The van der Waals surface area contributed by atoms with Crippen molar-refractivity contribution in [2.75, 3.05) is 47.5 Å². The molecule has 0 heterocycles. The summed E-state index contributed by atoms with van der Waals surface area (Å²) in [5, 5.41) is 10.1. The normalized spacial score (nSPS) is 14.5. The highest BCUT2D eigenvalue weighted by Gasteiger charge is 2.21. The number of aliphatic hydroxyl groups excluding tert-OH is 1. The molecule has 61 heavy (non-hydrogen) atoms. The number of quaternary nitrogens is 1. The molecule has 0 saturated carbocycles. The van der Waals surface area contributed by atoms with Gasteiger partial charge in [0.2, 0.25) is 0 Å². The van der Waals surface area contributed by atoms with Gasteiger partial charge in [0.05, 0.1) is 33.9 Å². The summed E-state index contributed by atoms with van der Waals surface area (Å²) >= 11 is 0. The van der Waals surface area contributed by atoms with Gasteiger partial charge in [-0.3, -0.25) is 14.2 Å². The van der Waals surface area contributed by atoms with Gasteiger partial charge in [0, 0.05) is 12.8 Å². The molecular weight excluding hydrogens is 790 g/mol. The lowest BCUT2D eigenvalue weighted by molar-refractivity contribution is -0.870. The highest BCUT2D eigenvalue weighted by atomic mass is 31.2. The van der Waals surface area contributed by atoms with Crippen LogP contribution in [0.25, 0.3) is 0 Å². The average Bonchev–Trinajstić information content (AvgIpc) is 3.21. The molecule has 10 nitrogen and oxygen atoms in total. The maximum atomic E-state index is 12.7. The smallest absolute Gasteiger partial charge is 0.306 e. The minimum absolute atomic E-state index is 0.0549. The van der Waals surface area contributed by atoms with Crippen LogP contribution in [-0.2, 0) is 32.7 Å². The molecule has 0 spiro atoms. The van der Waals surface area contributed by atoms with E-state index in [0.717, 1.165) is 25.7 Å². The number of phosphoric acid groups is 1. The second kappa shape index (κ2) is 41.7. The van der Waals surface area contributed by atoms with Gasteiger partial charge in [0.15, 0.2) is 6.10 Å². The monoisotopic (exact) mass is 880 g/mol. The summed E-state index contributed by atoms with van der Waals surface area (Å²) in [5.74, 6) is -0.944. The zero-order chi connectivity index (χ0) is 45.1. The number of unbranched alkanes of at least 4 members (excludes halogenated alkanes) is 19. The van der Waals surface area contributed by atoms with E-state index < -0.39 is 38.6 Å². The minimum Gasteiger partial charge on any atom is -0.756 e. The van der Waals surface area contributed by atoms with Crippen molar-refractivity contribution in [3.8, 4) is 0 Å². The van der Waals surface area contributed by atoms with Crippen LogP contribution in [0.3, 0.4) is 0 Å². The van der Waals surface area contributed by atoms with Crippen LogP contribution in [0.1, 0.15) is 187 Å². The van der Waals surface area contributed by atoms with Gasteiger partial charge in [-0.1, -0.05) is 164 Å². The van der Waals surface area contributed by atoms with Crippen LogP contribution in [0.5, 0.6) is 0 Å². The van der Waals surface area contributed by atoms with Crippen LogP contribution in [0, 0.1) is 0 Å². The fraction of sp³-hybridized carbons (Fsp3) is 0.760. The Kier molecular flexibility index (Phi) is 40.1. The topological polar surface area (TPSA) is 131 Å². The average molecular weight is 880 g/mol. The molecule has 0 amide bonds. The number of allylic oxidation sites excluding steroid dienone is 8. The Balaban J connectivity index is 4.44. The number of hydrogen-bond acceptors (Lipinski definition) is 9. The number of rotatable bonds is 43. The molecule has 0 saturated heterocycles. The van der Waals surface area contributed by atoms with E-state index in [1.54, 1.807) is 6.08 Å². The fourth-order valence-electron chi connectivity index (χ4n) is 6.25. The third-order valence-electron chi connectivity index (χ3n) is 10.1. The number of hydrogen-bond donors (Lipinski definition) is 1. The van der Waals surface area contributed by atoms with E-state index in [1.165, 1.54) is 103 Å². The Hall–Kier alpha value is -2.33. The maximum absolute atomic E-state index is 12.7. The van der Waals surface area contributed by atoms with E-state index >= 15 is 0 Å². The Morgan fingerprint density at radius 2 is 1.11 bits per heavy atom. The number of carbonyl (C=O) groups is 2. The van der Waals surface area contributed by atoms with Crippen molar-refractivity contribution in [1.82, 2.24) is 0 Å². The third kappa shape index (κ3) is 45.5. The summed E-state index contributed by atoms with van der Waals surface area (Å²) in [6.07, 6.45) is 47.1. The highest BCUT2D eigenvalue weighted by molar-refractivity contribution is 7.45. The van der Waals surface area contributed by atoms with E-state index in [2.05, 4.69) is 32.1 Å². The lowest BCUT2D eigenvalue weighted by atomic mass is 10.1. The molecule has 0 aliphatic heterocycles. The molecule has 354 valence electrons. The predicted octanol–water partition coefficient (Wildman–Crippen LogP) is 12.4. The molecule has 0 aromatic rings. The van der Waals surface area contributed by atoms with E-state index in [-0.39, 0.29) is 26.1 Å². The molecule has 0 radical (unpaired) electrons. The van der Waals surface area contributed by atoms with E-state index in [4.69, 9.17) is 18.5 Å². The van der Waals surface area contributed by atoms with Crippen molar-refractivity contribution < 1.29 is 47.2 Å². The van der Waals surface area contributed by atoms with Gasteiger partial charge in [-0.25, -0.2) is 0 Å². The first-order valence-corrected chi connectivity index (χ1v) is 25.6. The van der Waals surface area contributed by atoms with Gasteiger partial charge >= 0.3 is 11.9 Å². The molecule has 3 atom stereocenters. The van der Waals surface area contributed by atoms with Crippen molar-refractivity contribution in [2.45, 2.75) is 199 Å². The quantitative estimate of drug-likeness (QED) is 0.0159. The number of likely N-dealkylation sites (N-methyl/N-ethyl adjacent to an activating group) is 1. The van der Waals surface area contributed by atoms with Crippen LogP contribution in [0.2, 0.25) is 0 Å². The molecule has 0 aliphatic carbocycles. The molecule has 0 rings (SSSR count). The first-order valence-electron chi connectivity index (χ1n) is 24.1. The summed E-state index contributed by atoms with van der Waals surface area (Å²) in [6, 6.07) is 0. The van der Waals surface area contributed by atoms with Crippen molar-refractivity contribution in [3.63, 3.8) is 0 Å². The first-order chi connectivity index (χ1) is 29.4. The number of nitrogens with zero attached hydrogens (tertiary/aromatic N) is 1. The van der Waals surface area contributed by atoms with E-state index in [9.17, 15) is 24.2 Å². The fourth-order valence-corrected chi connectivity index (χ4v) is 6.98. The summed E-state index contributed by atoms with van der Waals surface area (Å²) in [5.41, 5.74) is 0. The molecule has 0 aromatic carbocycles. The molecule has 0 fully saturated rings. The van der Waals surface area contributed by atoms with Gasteiger partial charge in [-0.15, -0.1) is 0 Å². The lowest BCUT2D eigenvalue weighted by Crippen LogP contribution is -2.37. The summed E-state index contributed by atoms with van der Waals surface area (Å²) in [4.78, 5) is 37.6. The lowest BCUT2D eigenvalue weighted by Gasteiger charge is -2.28. The molecule has 1 unspecified atom stereocenters. The number of aliphatic hydroxyl groups is 1. The zero-order valence-electron chi connectivity index (χ0n) is 39.5. The van der Waals surface area contributed by atoms with Crippen molar-refractivity contribution in [3.05, 3.63) is 60.8 Å². The second-order valence-electron chi connectivity index (χ2n) is 17.3. The standard InChI is InChI=1S/C50H90NO9P/c1-6-8-10-12-14-15-16-17-18-19-20-21-22-23-24-25-29-33-37-41-49(53)57-45-48(46-59-61(55,56)58-44-43-51(3,4)5)60-50(54)42-38-34-30-26-28-32-36-40-47(52)39-35-31-27-13-11-9-7-2/h17-18,26-27,30-32,35-36,39,47-48,52H,6-16,19-25,28-29,33-34,37-38,40-46H2,1-5H3/b18-17-,30-26+,31-27-,36-32-,39-35-/t47-,48+/m0/s1. The predicted molar refractivity (Wildman–Crippen MR) is 251 cm³/mol. The Morgan fingerprint density at radius 1 is 0.607 bits per heavy atom. The van der Waals surface area contributed by atoms with Gasteiger partial charge in [-0.2, -0.15) is 0 Å². The third-order valence-corrected chi connectivity index (χ3v) is 11.1. The van der Waals surface area contributed by atoms with Crippen LogP contribution in [0.4, 0.5) is 0 Å². The Bertz CT molecular complexity index is 1240. The molecule has 0 aliphatic rings. The number of phosphoric ester groups is 1. The Morgan fingerprint density at radius 3 is 1.75 bits per heavy atom. The molecule has 1 N–H and O–H groups in total. The highest BCUT2D eigenvalue weighted by Crippen LogP contribution is 2.38.